The molecule has 282 valence electrons. The van der Waals surface area contributed by atoms with Gasteiger partial charge >= 0.3 is 0 Å². The average Bonchev–Trinajstić information content (AvgIpc) is 4.04. The predicted molar refractivity (Wildman–Crippen MR) is 256 cm³/mol. The van der Waals surface area contributed by atoms with E-state index in [4.69, 9.17) is 9.40 Å². The molecule has 0 saturated heterocycles. The van der Waals surface area contributed by atoms with Crippen molar-refractivity contribution in [2.24, 2.45) is 0 Å². The Morgan fingerprint density at radius 3 is 1.77 bits per heavy atom. The van der Waals surface area contributed by atoms with E-state index in [1.807, 2.05) is 23.5 Å². The standard InChI is InChI=1S/C55H34N2OS2/c1-3-11-35(12-4-1)36-21-26-41(27-22-36)57(43-16-9-15-40(33-43)44-18-10-19-46-45-17-7-8-20-48(45)58-54(44)46)42-28-23-37(24-29-42)39-25-30-49-47(34-39)52-50(59-49)31-32-51-53(52)56-55(60-51)38-13-5-2-6-14-38/h1-34H. The van der Waals surface area contributed by atoms with Crippen LogP contribution in [0.3, 0.4) is 0 Å². The highest BCUT2D eigenvalue weighted by Crippen LogP contribution is 2.44. The highest BCUT2D eigenvalue weighted by Gasteiger charge is 2.18. The summed E-state index contributed by atoms with van der Waals surface area (Å²) >= 11 is 3.60. The molecule has 0 saturated carbocycles. The van der Waals surface area contributed by atoms with Crippen molar-refractivity contribution < 1.29 is 4.42 Å². The summed E-state index contributed by atoms with van der Waals surface area (Å²) in [4.78, 5) is 7.56. The molecule has 0 spiro atoms. The first kappa shape index (κ1) is 34.7. The number of thiazole rings is 1. The first-order valence-electron chi connectivity index (χ1n) is 20.1. The van der Waals surface area contributed by atoms with Gasteiger partial charge in [0.05, 0.1) is 10.2 Å². The topological polar surface area (TPSA) is 29.3 Å². The molecule has 12 aromatic rings. The van der Waals surface area contributed by atoms with Crippen LogP contribution in [0.5, 0.6) is 0 Å². The van der Waals surface area contributed by atoms with Crippen LogP contribution in [0.2, 0.25) is 0 Å². The van der Waals surface area contributed by atoms with Crippen LogP contribution in [0, 0.1) is 0 Å². The van der Waals surface area contributed by atoms with E-state index >= 15 is 0 Å². The van der Waals surface area contributed by atoms with Gasteiger partial charge in [-0.25, -0.2) is 4.98 Å². The van der Waals surface area contributed by atoms with E-state index < -0.39 is 0 Å². The highest BCUT2D eigenvalue weighted by atomic mass is 32.1. The van der Waals surface area contributed by atoms with Crippen molar-refractivity contribution in [3.63, 3.8) is 0 Å². The SMILES string of the molecule is c1ccc(-c2ccc(N(c3ccc(-c4ccc5sc6ccc7sc(-c8ccccc8)nc7c6c5c4)cc3)c3cccc(-c4cccc5c4oc4ccccc45)c3)cc2)cc1. The van der Waals surface area contributed by atoms with Crippen LogP contribution in [-0.2, 0) is 0 Å². The quantitative estimate of drug-likeness (QED) is 0.161. The zero-order valence-electron chi connectivity index (χ0n) is 32.2. The summed E-state index contributed by atoms with van der Waals surface area (Å²) in [5.41, 5.74) is 14.2. The van der Waals surface area contributed by atoms with Crippen LogP contribution in [0.25, 0.3) is 96.3 Å². The maximum Gasteiger partial charge on any atom is 0.143 e. The summed E-state index contributed by atoms with van der Waals surface area (Å²) in [6.45, 7) is 0. The van der Waals surface area contributed by atoms with Crippen LogP contribution in [-0.4, -0.2) is 4.98 Å². The minimum absolute atomic E-state index is 0.899. The number of hydrogen-bond acceptors (Lipinski definition) is 5. The van der Waals surface area contributed by atoms with Gasteiger partial charge in [-0.2, -0.15) is 0 Å². The molecular weight excluding hydrogens is 769 g/mol. The Morgan fingerprint density at radius 1 is 0.383 bits per heavy atom. The summed E-state index contributed by atoms with van der Waals surface area (Å²) in [7, 11) is 0. The Morgan fingerprint density at radius 2 is 0.983 bits per heavy atom. The van der Waals surface area contributed by atoms with E-state index in [9.17, 15) is 0 Å². The molecule has 0 fully saturated rings. The van der Waals surface area contributed by atoms with E-state index in [-0.39, 0.29) is 0 Å². The molecule has 0 aliphatic carbocycles. The Hall–Kier alpha value is -7.31. The molecule has 0 bridgehead atoms. The van der Waals surface area contributed by atoms with Crippen molar-refractivity contribution in [1.82, 2.24) is 4.98 Å². The number of rotatable bonds is 7. The van der Waals surface area contributed by atoms with E-state index in [0.29, 0.717) is 0 Å². The Bertz CT molecular complexity index is 3530. The van der Waals surface area contributed by atoms with Gasteiger partial charge in [0.25, 0.3) is 0 Å². The lowest BCUT2D eigenvalue weighted by Crippen LogP contribution is -2.10. The van der Waals surface area contributed by atoms with Gasteiger partial charge in [-0.15, -0.1) is 22.7 Å². The van der Waals surface area contributed by atoms with E-state index in [1.54, 1.807) is 11.3 Å². The van der Waals surface area contributed by atoms with Crippen LogP contribution in [0.15, 0.2) is 211 Å². The van der Waals surface area contributed by atoms with Gasteiger partial charge in [-0.1, -0.05) is 140 Å². The van der Waals surface area contributed by atoms with Crippen molar-refractivity contribution in [2.75, 3.05) is 4.90 Å². The summed E-state index contributed by atoms with van der Waals surface area (Å²) in [5, 5.41) is 5.81. The molecule has 9 aromatic carbocycles. The number of aromatic nitrogens is 1. The fourth-order valence-corrected chi connectivity index (χ4v) is 10.7. The van der Waals surface area contributed by atoms with Gasteiger partial charge in [0.2, 0.25) is 0 Å². The van der Waals surface area contributed by atoms with E-state index in [0.717, 1.165) is 66.2 Å². The van der Waals surface area contributed by atoms with Gasteiger partial charge < -0.3 is 9.32 Å². The fraction of sp³-hybridized carbons (Fsp3) is 0. The molecule has 60 heavy (non-hydrogen) atoms. The molecule has 0 unspecified atom stereocenters. The van der Waals surface area contributed by atoms with Crippen LogP contribution in [0.4, 0.5) is 17.1 Å². The van der Waals surface area contributed by atoms with Crippen molar-refractivity contribution >= 4 is 92.1 Å². The van der Waals surface area contributed by atoms with Gasteiger partial charge in [0.1, 0.15) is 16.2 Å². The maximum absolute atomic E-state index is 6.49. The van der Waals surface area contributed by atoms with Crippen molar-refractivity contribution in [3.8, 4) is 44.0 Å². The first-order chi connectivity index (χ1) is 29.7. The zero-order valence-corrected chi connectivity index (χ0v) is 33.9. The smallest absolute Gasteiger partial charge is 0.143 e. The molecule has 0 amide bonds. The third kappa shape index (κ3) is 5.90. The monoisotopic (exact) mass is 802 g/mol. The molecule has 5 heteroatoms. The van der Waals surface area contributed by atoms with Crippen LogP contribution >= 0.6 is 22.7 Å². The lowest BCUT2D eigenvalue weighted by Gasteiger charge is -2.26. The zero-order chi connectivity index (χ0) is 39.6. The summed E-state index contributed by atoms with van der Waals surface area (Å²) in [5.74, 6) is 0. The third-order valence-corrected chi connectivity index (χ3v) is 13.7. The molecule has 12 rings (SSSR count). The molecule has 3 nitrogen and oxygen atoms in total. The summed E-state index contributed by atoms with van der Waals surface area (Å²) in [6, 6.07) is 73.8. The molecule has 3 heterocycles. The number of benzene rings is 9. The molecule has 0 radical (unpaired) electrons. The van der Waals surface area contributed by atoms with Gasteiger partial charge in [-0.05, 0) is 94.5 Å². The molecule has 0 atom stereocenters. The lowest BCUT2D eigenvalue weighted by atomic mass is 10.00. The number of nitrogens with zero attached hydrogens (tertiary/aromatic N) is 2. The van der Waals surface area contributed by atoms with Gasteiger partial charge in [0.15, 0.2) is 0 Å². The number of fused-ring (bicyclic) bond motifs is 8. The molecular formula is C55H34N2OS2. The highest BCUT2D eigenvalue weighted by molar-refractivity contribution is 7.26. The van der Waals surface area contributed by atoms with E-state index in [1.165, 1.54) is 47.1 Å². The van der Waals surface area contributed by atoms with Crippen LogP contribution in [0.1, 0.15) is 0 Å². The lowest BCUT2D eigenvalue weighted by molar-refractivity contribution is 0.670. The van der Waals surface area contributed by atoms with Crippen molar-refractivity contribution in [2.45, 2.75) is 0 Å². The van der Waals surface area contributed by atoms with Crippen molar-refractivity contribution in [3.05, 3.63) is 206 Å². The fourth-order valence-electron chi connectivity index (χ4n) is 8.61. The molecule has 3 aromatic heterocycles. The van der Waals surface area contributed by atoms with Crippen LogP contribution < -0.4 is 4.90 Å². The summed E-state index contributed by atoms with van der Waals surface area (Å²) in [6.07, 6.45) is 0. The largest absolute Gasteiger partial charge is 0.455 e. The Labute approximate surface area is 354 Å². The molecule has 0 aliphatic rings. The Kier molecular flexibility index (Phi) is 8.22. The van der Waals surface area contributed by atoms with Gasteiger partial charge in [0, 0.05) is 59.1 Å². The normalized spacial score (nSPS) is 11.7. The average molecular weight is 803 g/mol. The minimum Gasteiger partial charge on any atom is -0.455 e. The second-order valence-electron chi connectivity index (χ2n) is 15.1. The minimum atomic E-state index is 0.899. The number of furan rings is 1. The number of anilines is 3. The third-order valence-electron chi connectivity index (χ3n) is 11.5. The number of para-hydroxylation sites is 2. The molecule has 0 aliphatic heterocycles. The predicted octanol–water partition coefficient (Wildman–Crippen LogP) is 16.7. The van der Waals surface area contributed by atoms with E-state index in [2.05, 4.69) is 199 Å². The number of thiophene rings is 1. The second-order valence-corrected chi connectivity index (χ2v) is 17.2. The second kappa shape index (κ2) is 14.2. The first-order valence-corrected chi connectivity index (χ1v) is 21.7. The number of hydrogen-bond donors (Lipinski definition) is 0. The Balaban J connectivity index is 0.951. The summed E-state index contributed by atoms with van der Waals surface area (Å²) < 4.78 is 10.2. The molecule has 0 N–H and O–H groups in total. The van der Waals surface area contributed by atoms with Gasteiger partial charge in [-0.3, -0.25) is 0 Å². The maximum atomic E-state index is 6.49. The van der Waals surface area contributed by atoms with Crippen molar-refractivity contribution in [1.29, 1.82) is 0 Å².